The van der Waals surface area contributed by atoms with Crippen molar-refractivity contribution in [2.45, 2.75) is 13.8 Å². The van der Waals surface area contributed by atoms with Gasteiger partial charge in [-0.3, -0.25) is 4.99 Å². The largest absolute Gasteiger partial charge is 0.392 e. The molecule has 0 heterocycles. The zero-order valence-electron chi connectivity index (χ0n) is 6.46. The lowest BCUT2D eigenvalue weighted by atomic mass is 10.1. The number of hydrogen-bond acceptors (Lipinski definition) is 2. The molecule has 0 aromatic carbocycles. The van der Waals surface area contributed by atoms with Gasteiger partial charge in [0.25, 0.3) is 0 Å². The molecule has 2 nitrogen and oxygen atoms in total. The molecule has 0 radical (unpaired) electrons. The highest BCUT2D eigenvalue weighted by atomic mass is 16.3. The minimum Gasteiger partial charge on any atom is -0.392 e. The summed E-state index contributed by atoms with van der Waals surface area (Å²) in [5.74, 6) is 0. The summed E-state index contributed by atoms with van der Waals surface area (Å²) >= 11 is 0. The van der Waals surface area contributed by atoms with Crippen molar-refractivity contribution in [2.24, 2.45) is 4.99 Å². The highest BCUT2D eigenvalue weighted by Gasteiger charge is 1.88. The predicted molar refractivity (Wildman–Crippen MR) is 44.1 cm³/mol. The lowest BCUT2D eigenvalue weighted by Crippen LogP contribution is -1.86. The number of nitrogens with zero attached hydrogens (tertiary/aromatic N) is 1. The first-order valence-electron chi connectivity index (χ1n) is 3.12. The summed E-state index contributed by atoms with van der Waals surface area (Å²) in [7, 11) is 0. The summed E-state index contributed by atoms with van der Waals surface area (Å²) in [5.41, 5.74) is 2.00. The van der Waals surface area contributed by atoms with E-state index in [4.69, 9.17) is 5.11 Å². The molecule has 0 amide bonds. The van der Waals surface area contributed by atoms with Crippen molar-refractivity contribution in [3.8, 4) is 0 Å². The molecule has 0 aliphatic carbocycles. The van der Waals surface area contributed by atoms with Crippen LogP contribution in [0, 0.1) is 0 Å². The van der Waals surface area contributed by atoms with E-state index in [0.29, 0.717) is 0 Å². The smallest absolute Gasteiger partial charge is 0.0644 e. The van der Waals surface area contributed by atoms with Gasteiger partial charge in [-0.1, -0.05) is 0 Å². The van der Waals surface area contributed by atoms with Crippen molar-refractivity contribution in [3.05, 3.63) is 23.4 Å². The maximum Gasteiger partial charge on any atom is 0.0644 e. The molecule has 10 heavy (non-hydrogen) atoms. The fraction of sp³-hybridized carbons (Fsp3) is 0.375. The molecule has 2 heteroatoms. The second-order valence-electron chi connectivity index (χ2n) is 2.12. The second-order valence-corrected chi connectivity index (χ2v) is 2.12. The Morgan fingerprint density at radius 1 is 1.60 bits per heavy atom. The van der Waals surface area contributed by atoms with Crippen LogP contribution in [0.15, 0.2) is 28.4 Å². The molecular formula is C8H13NO. The first kappa shape index (κ1) is 9.11. The maximum absolute atomic E-state index is 8.67. The van der Waals surface area contributed by atoms with Crippen LogP contribution >= 0.6 is 0 Å². The molecule has 1 N–H and O–H groups in total. The van der Waals surface area contributed by atoms with Crippen LogP contribution in [0.4, 0.5) is 0 Å². The topological polar surface area (TPSA) is 32.6 Å². The fourth-order valence-corrected chi connectivity index (χ4v) is 0.431. The van der Waals surface area contributed by atoms with E-state index < -0.39 is 0 Å². The third kappa shape index (κ3) is 3.20. The molecular weight excluding hydrogens is 126 g/mol. The minimum absolute atomic E-state index is 0.104. The van der Waals surface area contributed by atoms with E-state index in [-0.39, 0.29) is 6.61 Å². The minimum atomic E-state index is 0.104. The summed E-state index contributed by atoms with van der Waals surface area (Å²) in [6.45, 7) is 7.20. The maximum atomic E-state index is 8.67. The molecule has 0 fully saturated rings. The average Bonchev–Trinajstić information content (AvgIpc) is 1.98. The van der Waals surface area contributed by atoms with Crippen LogP contribution in [0.3, 0.4) is 0 Å². The van der Waals surface area contributed by atoms with E-state index in [1.165, 1.54) is 0 Å². The summed E-state index contributed by atoms with van der Waals surface area (Å²) in [6.07, 6.45) is 3.42. The van der Waals surface area contributed by atoms with E-state index >= 15 is 0 Å². The Kier molecular flexibility index (Phi) is 4.50. The van der Waals surface area contributed by atoms with E-state index in [0.717, 1.165) is 11.1 Å². The lowest BCUT2D eigenvalue weighted by molar-refractivity contribution is 0.330. The number of hydrogen-bond donors (Lipinski definition) is 1. The van der Waals surface area contributed by atoms with Gasteiger partial charge >= 0.3 is 0 Å². The van der Waals surface area contributed by atoms with Gasteiger partial charge in [0.15, 0.2) is 0 Å². The first-order valence-corrected chi connectivity index (χ1v) is 3.12. The summed E-state index contributed by atoms with van der Waals surface area (Å²) in [6, 6.07) is 0. The van der Waals surface area contributed by atoms with E-state index in [9.17, 15) is 0 Å². The molecule has 0 aliphatic heterocycles. The van der Waals surface area contributed by atoms with Crippen molar-refractivity contribution < 1.29 is 5.11 Å². The molecule has 0 aromatic rings. The molecule has 0 unspecified atom stereocenters. The molecule has 0 spiro atoms. The summed E-state index contributed by atoms with van der Waals surface area (Å²) in [4.78, 5) is 3.55. The quantitative estimate of drug-likeness (QED) is 0.466. The SMILES string of the molecule is C=N/C=C\C(C)=C(/C)CO. The van der Waals surface area contributed by atoms with E-state index in [1.54, 1.807) is 6.20 Å². The Morgan fingerprint density at radius 2 is 2.20 bits per heavy atom. The first-order chi connectivity index (χ1) is 4.72. The lowest BCUT2D eigenvalue weighted by Gasteiger charge is -1.96. The molecule has 0 saturated heterocycles. The third-order valence-electron chi connectivity index (χ3n) is 1.34. The molecule has 0 rings (SSSR count). The van der Waals surface area contributed by atoms with Gasteiger partial charge in [-0.15, -0.1) is 0 Å². The van der Waals surface area contributed by atoms with Gasteiger partial charge in [0, 0.05) is 6.20 Å². The van der Waals surface area contributed by atoms with Gasteiger partial charge in [-0.25, -0.2) is 0 Å². The molecule has 0 aromatic heterocycles. The van der Waals surface area contributed by atoms with Gasteiger partial charge in [0.1, 0.15) is 0 Å². The Labute approximate surface area is 61.6 Å². The van der Waals surface area contributed by atoms with Gasteiger partial charge in [0.2, 0.25) is 0 Å². The van der Waals surface area contributed by atoms with Crippen molar-refractivity contribution in [3.63, 3.8) is 0 Å². The number of rotatable bonds is 3. The van der Waals surface area contributed by atoms with Gasteiger partial charge in [0.05, 0.1) is 6.61 Å². The predicted octanol–water partition coefficient (Wildman–Crippen LogP) is 1.53. The van der Waals surface area contributed by atoms with Crippen molar-refractivity contribution in [1.82, 2.24) is 0 Å². The molecule has 0 bridgehead atoms. The second kappa shape index (κ2) is 4.94. The Morgan fingerprint density at radius 3 is 2.60 bits per heavy atom. The van der Waals surface area contributed by atoms with Crippen LogP contribution in [0.2, 0.25) is 0 Å². The molecule has 0 atom stereocenters. The van der Waals surface area contributed by atoms with E-state index in [1.807, 2.05) is 19.9 Å². The number of aliphatic imine (C=N–C) groups is 1. The monoisotopic (exact) mass is 139 g/mol. The molecule has 0 saturated carbocycles. The number of aliphatic hydroxyl groups excluding tert-OH is 1. The van der Waals surface area contributed by atoms with Gasteiger partial charge < -0.3 is 5.11 Å². The van der Waals surface area contributed by atoms with Gasteiger partial charge in [-0.05, 0) is 37.8 Å². The molecule has 56 valence electrons. The summed E-state index contributed by atoms with van der Waals surface area (Å²) in [5, 5.41) is 8.67. The highest BCUT2D eigenvalue weighted by Crippen LogP contribution is 2.02. The van der Waals surface area contributed by atoms with Gasteiger partial charge in [-0.2, -0.15) is 0 Å². The standard InChI is InChI=1S/C8H13NO/c1-7(4-5-9-3)8(2)6-10/h4-5,10H,3,6H2,1-2H3/b5-4-,8-7+. The van der Waals surface area contributed by atoms with Crippen molar-refractivity contribution in [1.29, 1.82) is 0 Å². The fourth-order valence-electron chi connectivity index (χ4n) is 0.431. The van der Waals surface area contributed by atoms with Crippen LogP contribution in [-0.2, 0) is 0 Å². The summed E-state index contributed by atoms with van der Waals surface area (Å²) < 4.78 is 0. The van der Waals surface area contributed by atoms with Crippen LogP contribution < -0.4 is 0 Å². The number of allylic oxidation sites excluding steroid dienone is 2. The third-order valence-corrected chi connectivity index (χ3v) is 1.34. The highest BCUT2D eigenvalue weighted by molar-refractivity contribution is 5.28. The van der Waals surface area contributed by atoms with E-state index in [2.05, 4.69) is 11.7 Å². The zero-order chi connectivity index (χ0) is 7.98. The number of aliphatic hydroxyl groups is 1. The Balaban J connectivity index is 4.17. The van der Waals surface area contributed by atoms with Crippen LogP contribution in [0.25, 0.3) is 0 Å². The average molecular weight is 139 g/mol. The van der Waals surface area contributed by atoms with Crippen LogP contribution in [-0.4, -0.2) is 18.4 Å². The Bertz CT molecular complexity index is 168. The van der Waals surface area contributed by atoms with Crippen LogP contribution in [0.5, 0.6) is 0 Å². The van der Waals surface area contributed by atoms with Crippen molar-refractivity contribution in [2.75, 3.05) is 6.61 Å². The van der Waals surface area contributed by atoms with Crippen molar-refractivity contribution >= 4 is 6.72 Å². The Hall–Kier alpha value is -0.890. The zero-order valence-corrected chi connectivity index (χ0v) is 6.46. The molecule has 0 aliphatic rings. The van der Waals surface area contributed by atoms with Crippen LogP contribution in [0.1, 0.15) is 13.8 Å². The normalized spacial score (nSPS) is 13.5.